The summed E-state index contributed by atoms with van der Waals surface area (Å²) < 4.78 is 37.2. The van der Waals surface area contributed by atoms with Crippen molar-refractivity contribution in [1.82, 2.24) is 4.90 Å². The first kappa shape index (κ1) is 13.3. The maximum Gasteiger partial charge on any atom is 0.416 e. The van der Waals surface area contributed by atoms with Gasteiger partial charge >= 0.3 is 6.18 Å². The Kier molecular flexibility index (Phi) is 3.93. The van der Waals surface area contributed by atoms with Gasteiger partial charge in [-0.05, 0) is 12.1 Å². The number of hydrogen-bond acceptors (Lipinski definition) is 2. The summed E-state index contributed by atoms with van der Waals surface area (Å²) in [6.07, 6.45) is -1.71. The van der Waals surface area contributed by atoms with Gasteiger partial charge in [0, 0.05) is 31.9 Å². The molecule has 0 aliphatic heterocycles. The van der Waals surface area contributed by atoms with Gasteiger partial charge in [-0.25, -0.2) is 0 Å². The molecule has 0 radical (unpaired) electrons. The fourth-order valence-electron chi connectivity index (χ4n) is 1.16. The molecule has 0 saturated heterocycles. The Hall–Kier alpha value is -1.78. The van der Waals surface area contributed by atoms with Crippen molar-refractivity contribution in [3.63, 3.8) is 0 Å². The van der Waals surface area contributed by atoms with E-state index < -0.39 is 17.5 Å². The topological polar surface area (TPSA) is 20.3 Å². The predicted molar refractivity (Wildman–Crippen MR) is 58.6 cm³/mol. The van der Waals surface area contributed by atoms with E-state index in [4.69, 9.17) is 0 Å². The fourth-order valence-corrected chi connectivity index (χ4v) is 1.16. The minimum Gasteiger partial charge on any atom is -0.383 e. The highest BCUT2D eigenvalue weighted by atomic mass is 19.4. The second-order valence-corrected chi connectivity index (χ2v) is 3.72. The Morgan fingerprint density at radius 2 is 1.94 bits per heavy atom. The van der Waals surface area contributed by atoms with Crippen LogP contribution in [0.2, 0.25) is 0 Å². The molecule has 92 valence electrons. The van der Waals surface area contributed by atoms with Crippen molar-refractivity contribution >= 4 is 5.78 Å². The highest BCUT2D eigenvalue weighted by Gasteiger charge is 2.30. The lowest BCUT2D eigenvalue weighted by Gasteiger charge is -2.07. The molecular formula is C12H12F3NO. The molecule has 0 unspecified atom stereocenters. The Labute approximate surface area is 97.3 Å². The summed E-state index contributed by atoms with van der Waals surface area (Å²) in [5.74, 6) is -0.454. The standard InChI is InChI=1S/C12H12F3NO/c1-16(2)7-6-11(17)9-4-3-5-10(8-9)12(13,14)15/h3-8H,1-2H3. The van der Waals surface area contributed by atoms with E-state index in [9.17, 15) is 18.0 Å². The molecule has 0 atom stereocenters. The molecule has 1 rings (SSSR count). The van der Waals surface area contributed by atoms with Gasteiger partial charge in [0.05, 0.1) is 5.56 Å². The normalized spacial score (nSPS) is 11.8. The van der Waals surface area contributed by atoms with E-state index in [1.807, 2.05) is 0 Å². The highest BCUT2D eigenvalue weighted by Crippen LogP contribution is 2.29. The monoisotopic (exact) mass is 243 g/mol. The van der Waals surface area contributed by atoms with Crippen LogP contribution < -0.4 is 0 Å². The van der Waals surface area contributed by atoms with Crippen LogP contribution in [0.1, 0.15) is 15.9 Å². The van der Waals surface area contributed by atoms with Crippen LogP contribution in [-0.4, -0.2) is 24.8 Å². The smallest absolute Gasteiger partial charge is 0.383 e. The Morgan fingerprint density at radius 3 is 2.47 bits per heavy atom. The van der Waals surface area contributed by atoms with Crippen LogP contribution >= 0.6 is 0 Å². The number of ketones is 1. The summed E-state index contributed by atoms with van der Waals surface area (Å²) in [5, 5.41) is 0. The van der Waals surface area contributed by atoms with Gasteiger partial charge in [-0.2, -0.15) is 13.2 Å². The first-order valence-electron chi connectivity index (χ1n) is 4.87. The third-order valence-electron chi connectivity index (χ3n) is 2.00. The molecule has 0 aliphatic rings. The number of benzene rings is 1. The zero-order chi connectivity index (χ0) is 13.1. The number of rotatable bonds is 3. The quantitative estimate of drug-likeness (QED) is 0.601. The second-order valence-electron chi connectivity index (χ2n) is 3.72. The molecular weight excluding hydrogens is 231 g/mol. The molecule has 0 bridgehead atoms. The van der Waals surface area contributed by atoms with E-state index in [1.165, 1.54) is 24.4 Å². The SMILES string of the molecule is CN(C)C=CC(=O)c1cccc(C(F)(F)F)c1. The van der Waals surface area contributed by atoms with E-state index in [-0.39, 0.29) is 5.56 Å². The molecule has 0 heterocycles. The Morgan fingerprint density at radius 1 is 1.29 bits per heavy atom. The number of nitrogens with zero attached hydrogens (tertiary/aromatic N) is 1. The summed E-state index contributed by atoms with van der Waals surface area (Å²) >= 11 is 0. The van der Waals surface area contributed by atoms with Gasteiger partial charge < -0.3 is 4.90 Å². The third kappa shape index (κ3) is 3.94. The van der Waals surface area contributed by atoms with Gasteiger partial charge in [0.25, 0.3) is 0 Å². The zero-order valence-corrected chi connectivity index (χ0v) is 9.45. The molecule has 2 nitrogen and oxygen atoms in total. The van der Waals surface area contributed by atoms with Gasteiger partial charge in [0.1, 0.15) is 0 Å². The lowest BCUT2D eigenvalue weighted by atomic mass is 10.1. The van der Waals surface area contributed by atoms with Gasteiger partial charge in [-0.3, -0.25) is 4.79 Å². The predicted octanol–water partition coefficient (Wildman–Crippen LogP) is 2.96. The lowest BCUT2D eigenvalue weighted by Crippen LogP contribution is -2.07. The maximum absolute atomic E-state index is 12.4. The molecule has 0 saturated carbocycles. The summed E-state index contributed by atoms with van der Waals surface area (Å²) in [5.41, 5.74) is -0.792. The second kappa shape index (κ2) is 5.03. The average molecular weight is 243 g/mol. The van der Waals surface area contributed by atoms with Crippen LogP contribution in [-0.2, 0) is 6.18 Å². The van der Waals surface area contributed by atoms with E-state index in [2.05, 4.69) is 0 Å². The minimum absolute atomic E-state index is 0.0259. The molecule has 0 aromatic heterocycles. The lowest BCUT2D eigenvalue weighted by molar-refractivity contribution is -0.137. The van der Waals surface area contributed by atoms with Crippen molar-refractivity contribution in [3.05, 3.63) is 47.7 Å². The molecule has 0 amide bonds. The minimum atomic E-state index is -4.43. The molecule has 0 spiro atoms. The molecule has 17 heavy (non-hydrogen) atoms. The number of allylic oxidation sites excluding steroid dienone is 1. The van der Waals surface area contributed by atoms with Crippen LogP contribution in [0.15, 0.2) is 36.5 Å². The third-order valence-corrected chi connectivity index (χ3v) is 2.00. The van der Waals surface area contributed by atoms with Crippen molar-refractivity contribution in [3.8, 4) is 0 Å². The van der Waals surface area contributed by atoms with E-state index >= 15 is 0 Å². The van der Waals surface area contributed by atoms with Crippen molar-refractivity contribution in [1.29, 1.82) is 0 Å². The zero-order valence-electron chi connectivity index (χ0n) is 9.45. The van der Waals surface area contributed by atoms with E-state index in [0.29, 0.717) is 0 Å². The summed E-state index contributed by atoms with van der Waals surface area (Å²) in [6, 6.07) is 4.37. The van der Waals surface area contributed by atoms with Gasteiger partial charge in [-0.1, -0.05) is 12.1 Å². The van der Waals surface area contributed by atoms with Crippen LogP contribution in [0.4, 0.5) is 13.2 Å². The Bertz CT molecular complexity index is 436. The summed E-state index contributed by atoms with van der Waals surface area (Å²) in [6.45, 7) is 0. The molecule has 5 heteroatoms. The molecule has 0 fully saturated rings. The Balaban J connectivity index is 2.96. The molecule has 0 N–H and O–H groups in total. The first-order valence-corrected chi connectivity index (χ1v) is 4.87. The molecule has 1 aromatic rings. The molecule has 0 aliphatic carbocycles. The first-order chi connectivity index (χ1) is 7.80. The van der Waals surface area contributed by atoms with Gasteiger partial charge in [0.15, 0.2) is 5.78 Å². The van der Waals surface area contributed by atoms with Crippen LogP contribution in [0, 0.1) is 0 Å². The van der Waals surface area contributed by atoms with Crippen molar-refractivity contribution < 1.29 is 18.0 Å². The van der Waals surface area contributed by atoms with Gasteiger partial charge in [0.2, 0.25) is 0 Å². The number of halogens is 3. The van der Waals surface area contributed by atoms with E-state index in [1.54, 1.807) is 19.0 Å². The number of hydrogen-bond donors (Lipinski definition) is 0. The fraction of sp³-hybridized carbons (Fsp3) is 0.250. The van der Waals surface area contributed by atoms with E-state index in [0.717, 1.165) is 12.1 Å². The van der Waals surface area contributed by atoms with Crippen molar-refractivity contribution in [2.45, 2.75) is 6.18 Å². The summed E-state index contributed by atoms with van der Waals surface area (Å²) in [7, 11) is 3.44. The number of carbonyl (C=O) groups is 1. The molecule has 1 aromatic carbocycles. The highest BCUT2D eigenvalue weighted by molar-refractivity contribution is 6.04. The largest absolute Gasteiger partial charge is 0.416 e. The van der Waals surface area contributed by atoms with Crippen LogP contribution in [0.25, 0.3) is 0 Å². The van der Waals surface area contributed by atoms with Crippen LogP contribution in [0.3, 0.4) is 0 Å². The van der Waals surface area contributed by atoms with Gasteiger partial charge in [-0.15, -0.1) is 0 Å². The van der Waals surface area contributed by atoms with Crippen molar-refractivity contribution in [2.24, 2.45) is 0 Å². The number of alkyl halides is 3. The summed E-state index contributed by atoms with van der Waals surface area (Å²) in [4.78, 5) is 13.2. The van der Waals surface area contributed by atoms with Crippen LogP contribution in [0.5, 0.6) is 0 Å². The maximum atomic E-state index is 12.4. The average Bonchev–Trinajstić information content (AvgIpc) is 2.25. The van der Waals surface area contributed by atoms with Crippen molar-refractivity contribution in [2.75, 3.05) is 14.1 Å². The number of carbonyl (C=O) groups excluding carboxylic acids is 1.